The molecule has 0 radical (unpaired) electrons. The number of halogens is 2. The number of hydrogen-bond donors (Lipinski definition) is 2. The number of sulfonamides is 1. The second kappa shape index (κ2) is 10.2. The van der Waals surface area contributed by atoms with Crippen LogP contribution in [0, 0.1) is 5.82 Å². The van der Waals surface area contributed by atoms with Crippen LogP contribution in [0.25, 0.3) is 0 Å². The summed E-state index contributed by atoms with van der Waals surface area (Å²) in [6.07, 6.45) is 0. The van der Waals surface area contributed by atoms with E-state index in [1.807, 2.05) is 6.07 Å². The van der Waals surface area contributed by atoms with Gasteiger partial charge >= 0.3 is 0 Å². The van der Waals surface area contributed by atoms with E-state index in [1.165, 1.54) is 41.9 Å². The van der Waals surface area contributed by atoms with Crippen LogP contribution >= 0.6 is 35.3 Å². The van der Waals surface area contributed by atoms with Crippen molar-refractivity contribution in [2.45, 2.75) is 17.3 Å². The average Bonchev–Trinajstić information content (AvgIpc) is 3.04. The fourth-order valence-corrected chi connectivity index (χ4v) is 4.46. The lowest BCUT2D eigenvalue weighted by atomic mass is 10.2. The molecule has 0 saturated heterocycles. The van der Waals surface area contributed by atoms with Crippen LogP contribution < -0.4 is 10.6 Å². The van der Waals surface area contributed by atoms with Gasteiger partial charge in [-0.15, -0.1) is 35.3 Å². The molecule has 26 heavy (non-hydrogen) atoms. The van der Waals surface area contributed by atoms with E-state index in [0.29, 0.717) is 23.3 Å². The minimum Gasteiger partial charge on any atom is -0.352 e. The first-order chi connectivity index (χ1) is 11.8. The average molecular weight is 512 g/mol. The maximum atomic E-state index is 13.2. The summed E-state index contributed by atoms with van der Waals surface area (Å²) in [5, 5.41) is 6.20. The van der Waals surface area contributed by atoms with E-state index in [-0.39, 0.29) is 29.8 Å². The van der Waals surface area contributed by atoms with E-state index in [4.69, 9.17) is 0 Å². The van der Waals surface area contributed by atoms with E-state index in [1.54, 1.807) is 25.2 Å². The van der Waals surface area contributed by atoms with E-state index < -0.39 is 10.0 Å². The lowest BCUT2D eigenvalue weighted by Crippen LogP contribution is -2.36. The van der Waals surface area contributed by atoms with Crippen molar-refractivity contribution in [3.05, 3.63) is 52.7 Å². The van der Waals surface area contributed by atoms with E-state index >= 15 is 0 Å². The second-order valence-corrected chi connectivity index (χ2v) is 8.96. The Morgan fingerprint density at radius 1 is 1.19 bits per heavy atom. The fraction of sp³-hybridized carbons (Fsp3) is 0.312. The summed E-state index contributed by atoms with van der Waals surface area (Å²) >= 11 is 1.21. The number of guanidine groups is 1. The van der Waals surface area contributed by atoms with Crippen molar-refractivity contribution in [2.75, 3.05) is 21.1 Å². The fourth-order valence-electron chi connectivity index (χ4n) is 2.00. The Labute approximate surface area is 174 Å². The first kappa shape index (κ1) is 22.8. The SMILES string of the molecule is CN=C(NCc1cccc(F)c1)NCc1ccc(S(=O)(=O)N(C)C)s1.I. The van der Waals surface area contributed by atoms with Crippen molar-refractivity contribution in [1.29, 1.82) is 0 Å². The van der Waals surface area contributed by atoms with Gasteiger partial charge in [-0.25, -0.2) is 17.1 Å². The molecule has 0 aliphatic heterocycles. The third kappa shape index (κ3) is 6.18. The third-order valence-corrected chi connectivity index (χ3v) is 6.74. The first-order valence-corrected chi connectivity index (χ1v) is 9.79. The minimum absolute atomic E-state index is 0. The van der Waals surface area contributed by atoms with Crippen molar-refractivity contribution in [3.8, 4) is 0 Å². The lowest BCUT2D eigenvalue weighted by molar-refractivity contribution is 0.523. The van der Waals surface area contributed by atoms with Crippen molar-refractivity contribution in [2.24, 2.45) is 4.99 Å². The predicted molar refractivity (Wildman–Crippen MR) is 114 cm³/mol. The van der Waals surface area contributed by atoms with Gasteiger partial charge in [-0.05, 0) is 29.8 Å². The zero-order valence-electron chi connectivity index (χ0n) is 14.7. The second-order valence-electron chi connectivity index (χ2n) is 5.42. The molecule has 6 nitrogen and oxygen atoms in total. The zero-order chi connectivity index (χ0) is 18.4. The minimum atomic E-state index is -3.41. The van der Waals surface area contributed by atoms with Crippen LogP contribution in [-0.4, -0.2) is 39.8 Å². The van der Waals surface area contributed by atoms with Gasteiger partial charge in [0.05, 0.1) is 6.54 Å². The third-order valence-electron chi connectivity index (χ3n) is 3.37. The number of thiophene rings is 1. The highest BCUT2D eigenvalue weighted by atomic mass is 127. The Kier molecular flexibility index (Phi) is 8.93. The number of hydrogen-bond acceptors (Lipinski definition) is 4. The molecule has 10 heteroatoms. The maximum absolute atomic E-state index is 13.2. The van der Waals surface area contributed by atoms with Gasteiger partial charge in [-0.1, -0.05) is 12.1 Å². The van der Waals surface area contributed by atoms with Gasteiger partial charge in [0.25, 0.3) is 10.0 Å². The number of nitrogens with one attached hydrogen (secondary N) is 2. The quantitative estimate of drug-likeness (QED) is 0.355. The summed E-state index contributed by atoms with van der Waals surface area (Å²) in [6, 6.07) is 9.69. The Bertz CT molecular complexity index is 853. The molecular formula is C16H22FIN4O2S2. The number of benzene rings is 1. The van der Waals surface area contributed by atoms with Gasteiger partial charge in [0.2, 0.25) is 0 Å². The molecule has 1 aromatic carbocycles. The van der Waals surface area contributed by atoms with Crippen LogP contribution in [0.15, 0.2) is 45.6 Å². The summed E-state index contributed by atoms with van der Waals surface area (Å²) in [5.74, 6) is 0.269. The monoisotopic (exact) mass is 512 g/mol. The zero-order valence-corrected chi connectivity index (χ0v) is 18.7. The molecule has 0 spiro atoms. The van der Waals surface area contributed by atoms with Crippen LogP contribution in [0.1, 0.15) is 10.4 Å². The molecule has 0 bridgehead atoms. The van der Waals surface area contributed by atoms with Crippen LogP contribution in [0.4, 0.5) is 4.39 Å². The molecule has 2 aromatic rings. The summed E-state index contributed by atoms with van der Waals surface area (Å²) in [6.45, 7) is 0.874. The molecule has 0 aliphatic carbocycles. The Morgan fingerprint density at radius 3 is 2.50 bits per heavy atom. The van der Waals surface area contributed by atoms with Gasteiger partial charge in [0.15, 0.2) is 5.96 Å². The highest BCUT2D eigenvalue weighted by Crippen LogP contribution is 2.23. The van der Waals surface area contributed by atoms with Crippen molar-refractivity contribution in [3.63, 3.8) is 0 Å². The summed E-state index contributed by atoms with van der Waals surface area (Å²) in [4.78, 5) is 4.97. The maximum Gasteiger partial charge on any atom is 0.252 e. The Morgan fingerprint density at radius 2 is 1.88 bits per heavy atom. The van der Waals surface area contributed by atoms with E-state index in [2.05, 4.69) is 15.6 Å². The first-order valence-electron chi connectivity index (χ1n) is 7.53. The molecule has 0 saturated carbocycles. The van der Waals surface area contributed by atoms with E-state index in [9.17, 15) is 12.8 Å². The Hall–Kier alpha value is -1.24. The van der Waals surface area contributed by atoms with Gasteiger partial charge < -0.3 is 10.6 Å². The smallest absolute Gasteiger partial charge is 0.252 e. The van der Waals surface area contributed by atoms with Gasteiger partial charge in [-0.3, -0.25) is 4.99 Å². The Balaban J connectivity index is 0.00000338. The van der Waals surface area contributed by atoms with Gasteiger partial charge in [0.1, 0.15) is 10.0 Å². The largest absolute Gasteiger partial charge is 0.352 e. The van der Waals surface area contributed by atoms with Gasteiger partial charge in [0, 0.05) is 32.6 Å². The van der Waals surface area contributed by atoms with Crippen molar-refractivity contribution in [1.82, 2.24) is 14.9 Å². The molecule has 2 rings (SSSR count). The molecular weight excluding hydrogens is 490 g/mol. The summed E-state index contributed by atoms with van der Waals surface area (Å²) in [5.41, 5.74) is 0.804. The highest BCUT2D eigenvalue weighted by Gasteiger charge is 2.19. The molecule has 0 amide bonds. The molecule has 144 valence electrons. The topological polar surface area (TPSA) is 73.8 Å². The van der Waals surface area contributed by atoms with Crippen LogP contribution in [0.5, 0.6) is 0 Å². The summed E-state index contributed by atoms with van der Waals surface area (Å²) < 4.78 is 38.8. The standard InChI is InChI=1S/C16H21FN4O2S2.HI/c1-18-16(19-10-12-5-4-6-13(17)9-12)20-11-14-7-8-15(24-14)25(22,23)21(2)3;/h4-9H,10-11H2,1-3H3,(H2,18,19,20);1H. The molecule has 1 aromatic heterocycles. The van der Waals surface area contributed by atoms with Crippen LogP contribution in [0.2, 0.25) is 0 Å². The molecule has 0 unspecified atom stereocenters. The van der Waals surface area contributed by atoms with Crippen LogP contribution in [0.3, 0.4) is 0 Å². The number of aliphatic imine (C=N–C) groups is 1. The predicted octanol–water partition coefficient (Wildman–Crippen LogP) is 2.62. The summed E-state index contributed by atoms with van der Waals surface area (Å²) in [7, 11) is 1.24. The number of rotatable bonds is 6. The van der Waals surface area contributed by atoms with Crippen molar-refractivity contribution < 1.29 is 12.8 Å². The highest BCUT2D eigenvalue weighted by molar-refractivity contribution is 14.0. The van der Waals surface area contributed by atoms with Crippen molar-refractivity contribution >= 4 is 51.3 Å². The van der Waals surface area contributed by atoms with Crippen LogP contribution in [-0.2, 0) is 23.1 Å². The van der Waals surface area contributed by atoms with E-state index in [0.717, 1.165) is 10.4 Å². The molecule has 1 heterocycles. The molecule has 0 aliphatic rings. The lowest BCUT2D eigenvalue weighted by Gasteiger charge is -2.11. The normalized spacial score (nSPS) is 12.0. The molecule has 0 fully saturated rings. The molecule has 0 atom stereocenters. The number of nitrogens with zero attached hydrogens (tertiary/aromatic N) is 2. The molecule has 2 N–H and O–H groups in total. The van der Waals surface area contributed by atoms with Gasteiger partial charge in [-0.2, -0.15) is 0 Å².